The van der Waals surface area contributed by atoms with Crippen molar-refractivity contribution in [2.24, 2.45) is 5.41 Å². The molecule has 0 bridgehead atoms. The first-order valence-corrected chi connectivity index (χ1v) is 4.85. The van der Waals surface area contributed by atoms with Crippen molar-refractivity contribution < 1.29 is 0 Å². The van der Waals surface area contributed by atoms with Crippen molar-refractivity contribution in [2.45, 2.75) is 39.5 Å². The van der Waals surface area contributed by atoms with Gasteiger partial charge < -0.3 is 4.90 Å². The van der Waals surface area contributed by atoms with E-state index >= 15 is 0 Å². The molecule has 0 aromatic carbocycles. The normalized spacial score (nSPS) is 33.0. The van der Waals surface area contributed by atoms with Crippen LogP contribution < -0.4 is 0 Å². The summed E-state index contributed by atoms with van der Waals surface area (Å²) in [5.41, 5.74) is 0.644. The quantitative estimate of drug-likeness (QED) is 0.605. The van der Waals surface area contributed by atoms with E-state index in [0.717, 1.165) is 0 Å². The van der Waals surface area contributed by atoms with Crippen molar-refractivity contribution in [3.8, 4) is 0 Å². The molecule has 1 fully saturated rings. The molecule has 66 valence electrons. The standard InChI is InChI=1S/C10H21N/c1-4-5-6-10(2)7-8-11(3)9-10/h4-9H2,1-3H3. The van der Waals surface area contributed by atoms with Gasteiger partial charge in [-0.2, -0.15) is 0 Å². The largest absolute Gasteiger partial charge is 0.306 e. The molecule has 1 aliphatic rings. The Hall–Kier alpha value is -0.0400. The Labute approximate surface area is 70.8 Å². The van der Waals surface area contributed by atoms with E-state index in [4.69, 9.17) is 0 Å². The van der Waals surface area contributed by atoms with Crippen molar-refractivity contribution >= 4 is 0 Å². The number of hydrogen-bond acceptors (Lipinski definition) is 1. The zero-order chi connectivity index (χ0) is 8.32. The van der Waals surface area contributed by atoms with E-state index in [1.807, 2.05) is 0 Å². The number of nitrogens with zero attached hydrogens (tertiary/aromatic N) is 1. The summed E-state index contributed by atoms with van der Waals surface area (Å²) in [6, 6.07) is 0. The highest BCUT2D eigenvalue weighted by atomic mass is 15.1. The molecule has 0 amide bonds. The summed E-state index contributed by atoms with van der Waals surface area (Å²) in [4.78, 5) is 2.45. The van der Waals surface area contributed by atoms with Gasteiger partial charge in [0.25, 0.3) is 0 Å². The summed E-state index contributed by atoms with van der Waals surface area (Å²) in [5, 5.41) is 0. The minimum atomic E-state index is 0.644. The summed E-state index contributed by atoms with van der Waals surface area (Å²) in [7, 11) is 2.23. The number of likely N-dealkylation sites (tertiary alicyclic amines) is 1. The Bertz CT molecular complexity index is 122. The van der Waals surface area contributed by atoms with E-state index in [2.05, 4.69) is 25.8 Å². The topological polar surface area (TPSA) is 3.24 Å². The third-order valence-corrected chi connectivity index (χ3v) is 2.88. The molecule has 1 aliphatic heterocycles. The first kappa shape index (κ1) is 9.05. The summed E-state index contributed by atoms with van der Waals surface area (Å²) in [6.45, 7) is 7.33. The van der Waals surface area contributed by atoms with Crippen LogP contribution in [0.1, 0.15) is 39.5 Å². The van der Waals surface area contributed by atoms with E-state index in [9.17, 15) is 0 Å². The summed E-state index contributed by atoms with van der Waals surface area (Å²) >= 11 is 0. The monoisotopic (exact) mass is 155 g/mol. The van der Waals surface area contributed by atoms with Crippen LogP contribution in [-0.2, 0) is 0 Å². The number of hydrogen-bond donors (Lipinski definition) is 0. The lowest BCUT2D eigenvalue weighted by molar-refractivity contribution is 0.282. The fraction of sp³-hybridized carbons (Fsp3) is 1.00. The van der Waals surface area contributed by atoms with Gasteiger partial charge in [-0.1, -0.05) is 26.7 Å². The Morgan fingerprint density at radius 1 is 1.45 bits per heavy atom. The predicted molar refractivity (Wildman–Crippen MR) is 49.7 cm³/mol. The predicted octanol–water partition coefficient (Wildman–Crippen LogP) is 2.52. The highest BCUT2D eigenvalue weighted by Gasteiger charge is 2.30. The van der Waals surface area contributed by atoms with Crippen molar-refractivity contribution in [1.29, 1.82) is 0 Å². The van der Waals surface area contributed by atoms with Gasteiger partial charge in [-0.05, 0) is 31.8 Å². The van der Waals surface area contributed by atoms with Gasteiger partial charge in [0.15, 0.2) is 0 Å². The van der Waals surface area contributed by atoms with Crippen LogP contribution in [0.25, 0.3) is 0 Å². The third-order valence-electron chi connectivity index (χ3n) is 2.88. The van der Waals surface area contributed by atoms with Gasteiger partial charge in [0, 0.05) is 6.54 Å². The average Bonchev–Trinajstić information content (AvgIpc) is 2.28. The van der Waals surface area contributed by atoms with Crippen LogP contribution in [0, 0.1) is 5.41 Å². The molecule has 1 heteroatoms. The Morgan fingerprint density at radius 2 is 2.18 bits per heavy atom. The fourth-order valence-corrected chi connectivity index (χ4v) is 2.08. The maximum Gasteiger partial charge on any atom is 0.00328 e. The smallest absolute Gasteiger partial charge is 0.00328 e. The van der Waals surface area contributed by atoms with Crippen molar-refractivity contribution in [2.75, 3.05) is 20.1 Å². The van der Waals surface area contributed by atoms with E-state index in [-0.39, 0.29) is 0 Å². The summed E-state index contributed by atoms with van der Waals surface area (Å²) in [6.07, 6.45) is 5.58. The molecule has 1 atom stereocenters. The van der Waals surface area contributed by atoms with Gasteiger partial charge in [-0.15, -0.1) is 0 Å². The molecule has 1 nitrogen and oxygen atoms in total. The molecule has 0 N–H and O–H groups in total. The molecule has 1 saturated heterocycles. The van der Waals surface area contributed by atoms with Crippen molar-refractivity contribution in [1.82, 2.24) is 4.90 Å². The Morgan fingerprint density at radius 3 is 2.64 bits per heavy atom. The number of rotatable bonds is 3. The molecule has 1 heterocycles. The summed E-state index contributed by atoms with van der Waals surface area (Å²) < 4.78 is 0. The van der Waals surface area contributed by atoms with Gasteiger partial charge in [-0.3, -0.25) is 0 Å². The SMILES string of the molecule is CCCCC1(C)CCN(C)C1. The lowest BCUT2D eigenvalue weighted by Gasteiger charge is -2.23. The molecule has 1 rings (SSSR count). The molecule has 0 aromatic rings. The van der Waals surface area contributed by atoms with E-state index in [1.165, 1.54) is 38.8 Å². The van der Waals surface area contributed by atoms with Crippen LogP contribution >= 0.6 is 0 Å². The molecule has 0 saturated carbocycles. The maximum atomic E-state index is 2.45. The molecule has 0 aromatic heterocycles. The van der Waals surface area contributed by atoms with E-state index in [0.29, 0.717) is 5.41 Å². The second-order valence-electron chi connectivity index (χ2n) is 4.40. The van der Waals surface area contributed by atoms with Gasteiger partial charge in [0.05, 0.1) is 0 Å². The molecule has 0 aliphatic carbocycles. The first-order valence-electron chi connectivity index (χ1n) is 4.85. The molecule has 11 heavy (non-hydrogen) atoms. The Balaban J connectivity index is 2.29. The minimum absolute atomic E-state index is 0.644. The zero-order valence-corrected chi connectivity index (χ0v) is 8.19. The second-order valence-corrected chi connectivity index (χ2v) is 4.40. The van der Waals surface area contributed by atoms with Crippen molar-refractivity contribution in [3.63, 3.8) is 0 Å². The molecular formula is C10H21N. The van der Waals surface area contributed by atoms with Gasteiger partial charge in [0.1, 0.15) is 0 Å². The Kier molecular flexibility index (Phi) is 2.94. The summed E-state index contributed by atoms with van der Waals surface area (Å²) in [5.74, 6) is 0. The van der Waals surface area contributed by atoms with Crippen LogP contribution in [0.15, 0.2) is 0 Å². The molecular weight excluding hydrogens is 134 g/mol. The van der Waals surface area contributed by atoms with Gasteiger partial charge in [0.2, 0.25) is 0 Å². The van der Waals surface area contributed by atoms with Gasteiger partial charge in [-0.25, -0.2) is 0 Å². The molecule has 0 radical (unpaired) electrons. The third kappa shape index (κ3) is 2.48. The fourth-order valence-electron chi connectivity index (χ4n) is 2.08. The van der Waals surface area contributed by atoms with E-state index in [1.54, 1.807) is 0 Å². The van der Waals surface area contributed by atoms with E-state index < -0.39 is 0 Å². The van der Waals surface area contributed by atoms with Crippen LogP contribution in [-0.4, -0.2) is 25.0 Å². The zero-order valence-electron chi connectivity index (χ0n) is 8.19. The first-order chi connectivity index (χ1) is 5.16. The van der Waals surface area contributed by atoms with Crippen LogP contribution in [0.4, 0.5) is 0 Å². The minimum Gasteiger partial charge on any atom is -0.306 e. The van der Waals surface area contributed by atoms with Crippen LogP contribution in [0.3, 0.4) is 0 Å². The number of unbranched alkanes of at least 4 members (excludes halogenated alkanes) is 1. The average molecular weight is 155 g/mol. The highest BCUT2D eigenvalue weighted by molar-refractivity contribution is 4.84. The lowest BCUT2D eigenvalue weighted by atomic mass is 9.84. The second kappa shape index (κ2) is 3.57. The van der Waals surface area contributed by atoms with Gasteiger partial charge >= 0.3 is 0 Å². The molecule has 0 spiro atoms. The highest BCUT2D eigenvalue weighted by Crippen LogP contribution is 2.33. The van der Waals surface area contributed by atoms with Crippen LogP contribution in [0.5, 0.6) is 0 Å². The van der Waals surface area contributed by atoms with Crippen molar-refractivity contribution in [3.05, 3.63) is 0 Å². The molecule has 1 unspecified atom stereocenters. The lowest BCUT2D eigenvalue weighted by Crippen LogP contribution is -2.21. The maximum absolute atomic E-state index is 2.45. The van der Waals surface area contributed by atoms with Crippen LogP contribution in [0.2, 0.25) is 0 Å².